The van der Waals surface area contributed by atoms with Gasteiger partial charge in [0.1, 0.15) is 11.5 Å². The lowest BCUT2D eigenvalue weighted by Gasteiger charge is -2.27. The van der Waals surface area contributed by atoms with Gasteiger partial charge in [-0.05, 0) is 0 Å². The standard InChI is InChI=1S/C14H20N6O/c1-3-8-21-11-12-13-9-19(6-7-20(13)17-16-12)10-14-15-4-5-18(14)2/h3-5H,1,6-11H2,2H3. The van der Waals surface area contributed by atoms with E-state index in [-0.39, 0.29) is 0 Å². The number of hydrogen-bond acceptors (Lipinski definition) is 5. The van der Waals surface area contributed by atoms with Gasteiger partial charge >= 0.3 is 0 Å². The average Bonchev–Trinajstić information content (AvgIpc) is 3.07. The Morgan fingerprint density at radius 2 is 2.33 bits per heavy atom. The van der Waals surface area contributed by atoms with Gasteiger partial charge in [0.2, 0.25) is 0 Å². The smallest absolute Gasteiger partial charge is 0.122 e. The third-order valence-corrected chi connectivity index (χ3v) is 3.68. The second-order valence-electron chi connectivity index (χ2n) is 5.17. The second kappa shape index (κ2) is 6.19. The maximum atomic E-state index is 5.48. The van der Waals surface area contributed by atoms with Crippen LogP contribution >= 0.6 is 0 Å². The fraction of sp³-hybridized carbons (Fsp3) is 0.500. The van der Waals surface area contributed by atoms with Crippen molar-refractivity contribution in [3.8, 4) is 0 Å². The van der Waals surface area contributed by atoms with Gasteiger partial charge < -0.3 is 9.30 Å². The Morgan fingerprint density at radius 3 is 3.10 bits per heavy atom. The minimum Gasteiger partial charge on any atom is -0.371 e. The molecule has 0 atom stereocenters. The maximum Gasteiger partial charge on any atom is 0.122 e. The van der Waals surface area contributed by atoms with Gasteiger partial charge in [0, 0.05) is 32.5 Å². The molecule has 0 saturated carbocycles. The minimum absolute atomic E-state index is 0.484. The Labute approximate surface area is 123 Å². The molecule has 1 aliphatic rings. The molecule has 0 aliphatic carbocycles. The molecular weight excluding hydrogens is 268 g/mol. The fourth-order valence-corrected chi connectivity index (χ4v) is 2.48. The van der Waals surface area contributed by atoms with Crippen LogP contribution in [-0.4, -0.2) is 42.6 Å². The zero-order chi connectivity index (χ0) is 14.7. The van der Waals surface area contributed by atoms with E-state index in [9.17, 15) is 0 Å². The largest absolute Gasteiger partial charge is 0.371 e. The molecular formula is C14H20N6O. The summed E-state index contributed by atoms with van der Waals surface area (Å²) in [5.74, 6) is 1.07. The highest BCUT2D eigenvalue weighted by atomic mass is 16.5. The van der Waals surface area contributed by atoms with Crippen molar-refractivity contribution in [3.63, 3.8) is 0 Å². The van der Waals surface area contributed by atoms with Crippen molar-refractivity contribution >= 4 is 0 Å². The molecule has 1 aliphatic heterocycles. The number of rotatable bonds is 6. The van der Waals surface area contributed by atoms with Crippen LogP contribution in [0.2, 0.25) is 0 Å². The van der Waals surface area contributed by atoms with Crippen molar-refractivity contribution < 1.29 is 4.74 Å². The van der Waals surface area contributed by atoms with E-state index in [0.717, 1.165) is 43.4 Å². The van der Waals surface area contributed by atoms with Crippen molar-refractivity contribution in [2.75, 3.05) is 13.2 Å². The van der Waals surface area contributed by atoms with Crippen LogP contribution in [0.25, 0.3) is 0 Å². The van der Waals surface area contributed by atoms with E-state index in [1.165, 1.54) is 0 Å². The Bertz CT molecular complexity index is 617. The number of nitrogens with zero attached hydrogens (tertiary/aromatic N) is 6. The van der Waals surface area contributed by atoms with Crippen LogP contribution in [0, 0.1) is 0 Å². The first-order valence-electron chi connectivity index (χ1n) is 7.06. The summed E-state index contributed by atoms with van der Waals surface area (Å²) in [5.41, 5.74) is 2.06. The molecule has 0 bridgehead atoms. The first-order chi connectivity index (χ1) is 10.3. The topological polar surface area (TPSA) is 61.0 Å². The number of aromatic nitrogens is 5. The molecule has 7 nitrogen and oxygen atoms in total. The predicted octanol–water partition coefficient (Wildman–Crippen LogP) is 0.730. The Kier molecular flexibility index (Phi) is 4.12. The number of ether oxygens (including phenoxy) is 1. The van der Waals surface area contributed by atoms with E-state index < -0.39 is 0 Å². The number of hydrogen-bond donors (Lipinski definition) is 0. The van der Waals surface area contributed by atoms with E-state index in [1.807, 2.05) is 24.1 Å². The summed E-state index contributed by atoms with van der Waals surface area (Å²) >= 11 is 0. The van der Waals surface area contributed by atoms with Crippen LogP contribution < -0.4 is 0 Å². The van der Waals surface area contributed by atoms with Crippen LogP contribution in [0.3, 0.4) is 0 Å². The van der Waals surface area contributed by atoms with Gasteiger partial charge in [-0.15, -0.1) is 11.7 Å². The second-order valence-corrected chi connectivity index (χ2v) is 5.17. The zero-order valence-electron chi connectivity index (χ0n) is 12.3. The summed E-state index contributed by atoms with van der Waals surface area (Å²) in [6.07, 6.45) is 5.54. The first-order valence-corrected chi connectivity index (χ1v) is 7.06. The van der Waals surface area contributed by atoms with E-state index in [1.54, 1.807) is 6.08 Å². The highest BCUT2D eigenvalue weighted by molar-refractivity contribution is 5.11. The summed E-state index contributed by atoms with van der Waals surface area (Å²) in [4.78, 5) is 6.74. The quantitative estimate of drug-likeness (QED) is 0.579. The Hall–Kier alpha value is -1.99. The van der Waals surface area contributed by atoms with Crippen molar-refractivity contribution in [2.24, 2.45) is 7.05 Å². The van der Waals surface area contributed by atoms with Gasteiger partial charge in [-0.2, -0.15) is 0 Å². The highest BCUT2D eigenvalue weighted by Crippen LogP contribution is 2.17. The average molecular weight is 288 g/mol. The van der Waals surface area contributed by atoms with E-state index >= 15 is 0 Å². The molecule has 21 heavy (non-hydrogen) atoms. The summed E-state index contributed by atoms with van der Waals surface area (Å²) < 4.78 is 9.51. The molecule has 0 amide bonds. The molecule has 2 aromatic rings. The van der Waals surface area contributed by atoms with Crippen LogP contribution in [-0.2, 0) is 38.0 Å². The Balaban J connectivity index is 1.67. The summed E-state index contributed by atoms with van der Waals surface area (Å²) in [6, 6.07) is 0. The van der Waals surface area contributed by atoms with Gasteiger partial charge in [-0.1, -0.05) is 11.3 Å². The zero-order valence-corrected chi connectivity index (χ0v) is 12.3. The van der Waals surface area contributed by atoms with E-state index in [0.29, 0.717) is 13.2 Å². The number of imidazole rings is 1. The van der Waals surface area contributed by atoms with Gasteiger partial charge in [0.05, 0.1) is 32.0 Å². The Morgan fingerprint density at radius 1 is 1.43 bits per heavy atom. The van der Waals surface area contributed by atoms with Crippen LogP contribution in [0.15, 0.2) is 25.0 Å². The lowest BCUT2D eigenvalue weighted by atomic mass is 10.2. The molecule has 0 radical (unpaired) electrons. The van der Waals surface area contributed by atoms with Crippen LogP contribution in [0.5, 0.6) is 0 Å². The predicted molar refractivity (Wildman–Crippen MR) is 77.2 cm³/mol. The molecule has 112 valence electrons. The van der Waals surface area contributed by atoms with Crippen molar-refractivity contribution in [1.29, 1.82) is 0 Å². The molecule has 2 aromatic heterocycles. The third-order valence-electron chi connectivity index (χ3n) is 3.68. The molecule has 0 aromatic carbocycles. The highest BCUT2D eigenvalue weighted by Gasteiger charge is 2.22. The number of fused-ring (bicyclic) bond motifs is 1. The summed E-state index contributed by atoms with van der Waals surface area (Å²) in [6.45, 7) is 8.13. The molecule has 3 rings (SSSR count). The monoisotopic (exact) mass is 288 g/mol. The third kappa shape index (κ3) is 3.03. The van der Waals surface area contributed by atoms with E-state index in [2.05, 4.69) is 31.3 Å². The summed E-state index contributed by atoms with van der Waals surface area (Å²) in [7, 11) is 2.02. The van der Waals surface area contributed by atoms with Gasteiger partial charge in [0.25, 0.3) is 0 Å². The maximum absolute atomic E-state index is 5.48. The molecule has 0 spiro atoms. The fourth-order valence-electron chi connectivity index (χ4n) is 2.48. The van der Waals surface area contributed by atoms with Crippen molar-refractivity contribution in [3.05, 3.63) is 42.3 Å². The minimum atomic E-state index is 0.484. The first kappa shape index (κ1) is 14.0. The number of aryl methyl sites for hydroxylation is 1. The van der Waals surface area contributed by atoms with Gasteiger partial charge in [-0.3, -0.25) is 4.90 Å². The van der Waals surface area contributed by atoms with Crippen molar-refractivity contribution in [2.45, 2.75) is 26.2 Å². The lowest BCUT2D eigenvalue weighted by Crippen LogP contribution is -2.34. The summed E-state index contributed by atoms with van der Waals surface area (Å²) in [5, 5.41) is 8.42. The molecule has 3 heterocycles. The van der Waals surface area contributed by atoms with E-state index in [4.69, 9.17) is 4.74 Å². The molecule has 0 N–H and O–H groups in total. The molecule has 0 fully saturated rings. The normalized spacial score (nSPS) is 15.1. The molecule has 0 unspecified atom stereocenters. The van der Waals surface area contributed by atoms with Crippen LogP contribution in [0.4, 0.5) is 0 Å². The van der Waals surface area contributed by atoms with Crippen molar-refractivity contribution in [1.82, 2.24) is 29.4 Å². The SMILES string of the molecule is C=CCOCc1nnn2c1CN(Cc1nccn1C)CC2. The molecule has 7 heteroatoms. The lowest BCUT2D eigenvalue weighted by molar-refractivity contribution is 0.142. The van der Waals surface area contributed by atoms with Gasteiger partial charge in [-0.25, -0.2) is 9.67 Å². The van der Waals surface area contributed by atoms with Crippen LogP contribution in [0.1, 0.15) is 17.2 Å². The molecule has 0 saturated heterocycles. The van der Waals surface area contributed by atoms with Gasteiger partial charge in [0.15, 0.2) is 0 Å².